The summed E-state index contributed by atoms with van der Waals surface area (Å²) in [5.74, 6) is 1.54. The van der Waals surface area contributed by atoms with Crippen molar-refractivity contribution in [3.05, 3.63) is 29.8 Å². The molecule has 1 aromatic carbocycles. The number of aliphatic hydroxyl groups is 1. The van der Waals surface area contributed by atoms with Gasteiger partial charge in [0, 0.05) is 12.0 Å². The lowest BCUT2D eigenvalue weighted by atomic mass is 9.81. The van der Waals surface area contributed by atoms with E-state index in [0.29, 0.717) is 5.92 Å². The number of rotatable bonds is 1. The molecule has 1 fully saturated rings. The summed E-state index contributed by atoms with van der Waals surface area (Å²) in [6, 6.07) is 7.89. The molecule has 0 bridgehead atoms. The first kappa shape index (κ1) is 11.1. The lowest BCUT2D eigenvalue weighted by molar-refractivity contribution is 0.0234. The fraction of sp³-hybridized carbons (Fsp3) is 0.600. The van der Waals surface area contributed by atoms with Gasteiger partial charge >= 0.3 is 0 Å². The largest absolute Gasteiger partial charge is 0.490 e. The van der Waals surface area contributed by atoms with E-state index in [2.05, 4.69) is 0 Å². The van der Waals surface area contributed by atoms with Crippen molar-refractivity contribution in [3.63, 3.8) is 0 Å². The summed E-state index contributed by atoms with van der Waals surface area (Å²) >= 11 is 0. The third-order valence-electron chi connectivity index (χ3n) is 4.19. The SMILES string of the molecule is O[C@@H]1C[C@@H](C2CCCCC2)Oc2ccccc21. The third kappa shape index (κ3) is 2.19. The van der Waals surface area contributed by atoms with E-state index in [0.717, 1.165) is 17.7 Å². The Balaban J connectivity index is 1.78. The van der Waals surface area contributed by atoms with Gasteiger partial charge in [-0.15, -0.1) is 0 Å². The Morgan fingerprint density at radius 3 is 2.65 bits per heavy atom. The van der Waals surface area contributed by atoms with Crippen LogP contribution in [0.15, 0.2) is 24.3 Å². The van der Waals surface area contributed by atoms with Crippen LogP contribution in [-0.4, -0.2) is 11.2 Å². The summed E-state index contributed by atoms with van der Waals surface area (Å²) in [5, 5.41) is 10.2. The molecule has 0 spiro atoms. The van der Waals surface area contributed by atoms with Crippen molar-refractivity contribution in [1.29, 1.82) is 0 Å². The molecule has 1 heterocycles. The van der Waals surface area contributed by atoms with Crippen LogP contribution in [0.1, 0.15) is 50.2 Å². The molecule has 2 atom stereocenters. The van der Waals surface area contributed by atoms with Gasteiger partial charge in [0.25, 0.3) is 0 Å². The molecule has 2 nitrogen and oxygen atoms in total. The van der Waals surface area contributed by atoms with Gasteiger partial charge in [0.15, 0.2) is 0 Å². The quantitative estimate of drug-likeness (QED) is 0.803. The highest BCUT2D eigenvalue weighted by Crippen LogP contribution is 2.39. The Kier molecular flexibility index (Phi) is 3.06. The predicted molar refractivity (Wildman–Crippen MR) is 67.0 cm³/mol. The van der Waals surface area contributed by atoms with Gasteiger partial charge in [-0.3, -0.25) is 0 Å². The van der Waals surface area contributed by atoms with Gasteiger partial charge < -0.3 is 9.84 Å². The first-order valence-electron chi connectivity index (χ1n) is 6.78. The summed E-state index contributed by atoms with van der Waals surface area (Å²) in [7, 11) is 0. The van der Waals surface area contributed by atoms with Crippen molar-refractivity contribution < 1.29 is 9.84 Å². The second kappa shape index (κ2) is 4.69. The molecule has 17 heavy (non-hydrogen) atoms. The molecule has 0 saturated heterocycles. The van der Waals surface area contributed by atoms with E-state index in [9.17, 15) is 5.11 Å². The minimum atomic E-state index is -0.341. The first-order chi connectivity index (χ1) is 8.34. The number of fused-ring (bicyclic) bond motifs is 1. The molecule has 2 heteroatoms. The Morgan fingerprint density at radius 2 is 1.82 bits per heavy atom. The van der Waals surface area contributed by atoms with Crippen LogP contribution < -0.4 is 4.74 Å². The molecular formula is C15H20O2. The predicted octanol–water partition coefficient (Wildman–Crippen LogP) is 3.45. The molecule has 1 aromatic rings. The highest BCUT2D eigenvalue weighted by Gasteiger charge is 2.32. The molecule has 0 unspecified atom stereocenters. The minimum absolute atomic E-state index is 0.222. The van der Waals surface area contributed by atoms with Crippen LogP contribution in [0, 0.1) is 5.92 Å². The average Bonchev–Trinajstić information content (AvgIpc) is 2.40. The second-order valence-corrected chi connectivity index (χ2v) is 5.34. The van der Waals surface area contributed by atoms with Crippen LogP contribution in [0.2, 0.25) is 0 Å². The van der Waals surface area contributed by atoms with E-state index in [1.807, 2.05) is 24.3 Å². The van der Waals surface area contributed by atoms with E-state index in [-0.39, 0.29) is 12.2 Å². The van der Waals surface area contributed by atoms with Crippen molar-refractivity contribution in [1.82, 2.24) is 0 Å². The lowest BCUT2D eigenvalue weighted by Crippen LogP contribution is -2.33. The van der Waals surface area contributed by atoms with Crippen LogP contribution in [-0.2, 0) is 0 Å². The maximum absolute atomic E-state index is 10.2. The molecule has 92 valence electrons. The normalized spacial score (nSPS) is 29.5. The summed E-state index contributed by atoms with van der Waals surface area (Å²) in [4.78, 5) is 0. The fourth-order valence-corrected chi connectivity index (χ4v) is 3.22. The van der Waals surface area contributed by atoms with Crippen molar-refractivity contribution >= 4 is 0 Å². The van der Waals surface area contributed by atoms with Gasteiger partial charge in [-0.1, -0.05) is 37.5 Å². The van der Waals surface area contributed by atoms with Crippen LogP contribution >= 0.6 is 0 Å². The first-order valence-corrected chi connectivity index (χ1v) is 6.78. The standard InChI is InChI=1S/C15H20O2/c16-13-10-15(11-6-2-1-3-7-11)17-14-9-5-4-8-12(13)14/h4-5,8-9,11,13,15-16H,1-3,6-7,10H2/t13-,15+/m1/s1. The van der Waals surface area contributed by atoms with Crippen LogP contribution in [0.3, 0.4) is 0 Å². The van der Waals surface area contributed by atoms with Crippen LogP contribution in [0.5, 0.6) is 5.75 Å². The molecule has 0 radical (unpaired) electrons. The highest BCUT2D eigenvalue weighted by atomic mass is 16.5. The molecule has 1 N–H and O–H groups in total. The van der Waals surface area contributed by atoms with Gasteiger partial charge in [0.2, 0.25) is 0 Å². The van der Waals surface area contributed by atoms with Gasteiger partial charge in [-0.25, -0.2) is 0 Å². The third-order valence-corrected chi connectivity index (χ3v) is 4.19. The Morgan fingerprint density at radius 1 is 1.06 bits per heavy atom. The molecule has 1 aliphatic carbocycles. The summed E-state index contributed by atoms with van der Waals surface area (Å²) in [5.41, 5.74) is 0.958. The maximum Gasteiger partial charge on any atom is 0.125 e. The monoisotopic (exact) mass is 232 g/mol. The number of ether oxygens (including phenoxy) is 1. The Bertz CT molecular complexity index is 382. The zero-order chi connectivity index (χ0) is 11.7. The topological polar surface area (TPSA) is 29.5 Å². The number of hydrogen-bond donors (Lipinski definition) is 1. The van der Waals surface area contributed by atoms with Crippen LogP contribution in [0.25, 0.3) is 0 Å². The fourth-order valence-electron chi connectivity index (χ4n) is 3.22. The van der Waals surface area contributed by atoms with E-state index in [1.54, 1.807) is 0 Å². The Hall–Kier alpha value is -1.02. The zero-order valence-corrected chi connectivity index (χ0v) is 10.1. The lowest BCUT2D eigenvalue weighted by Gasteiger charge is -2.36. The zero-order valence-electron chi connectivity index (χ0n) is 10.1. The molecule has 1 aliphatic heterocycles. The summed E-state index contributed by atoms with van der Waals surface area (Å²) in [6.45, 7) is 0. The molecule has 0 aromatic heterocycles. The summed E-state index contributed by atoms with van der Waals surface area (Å²) in [6.07, 6.45) is 7.18. The number of benzene rings is 1. The molecule has 1 saturated carbocycles. The van der Waals surface area contributed by atoms with Gasteiger partial charge in [0.1, 0.15) is 11.9 Å². The van der Waals surface area contributed by atoms with Crippen LogP contribution in [0.4, 0.5) is 0 Å². The average molecular weight is 232 g/mol. The number of aliphatic hydroxyl groups excluding tert-OH is 1. The molecule has 3 rings (SSSR count). The number of hydrogen-bond acceptors (Lipinski definition) is 2. The molecule has 0 amide bonds. The highest BCUT2D eigenvalue weighted by molar-refractivity contribution is 5.37. The van der Waals surface area contributed by atoms with Crippen molar-refractivity contribution in [2.45, 2.75) is 50.7 Å². The minimum Gasteiger partial charge on any atom is -0.490 e. The van der Waals surface area contributed by atoms with Gasteiger partial charge in [-0.05, 0) is 24.8 Å². The summed E-state index contributed by atoms with van der Waals surface area (Å²) < 4.78 is 6.08. The van der Waals surface area contributed by atoms with Gasteiger partial charge in [0.05, 0.1) is 6.10 Å². The van der Waals surface area contributed by atoms with E-state index in [4.69, 9.17) is 4.74 Å². The Labute approximate surface area is 103 Å². The van der Waals surface area contributed by atoms with Crippen molar-refractivity contribution in [2.24, 2.45) is 5.92 Å². The smallest absolute Gasteiger partial charge is 0.125 e. The van der Waals surface area contributed by atoms with E-state index in [1.165, 1.54) is 32.1 Å². The maximum atomic E-state index is 10.2. The molecular weight excluding hydrogens is 212 g/mol. The number of para-hydroxylation sites is 1. The van der Waals surface area contributed by atoms with Crippen molar-refractivity contribution in [3.8, 4) is 5.75 Å². The van der Waals surface area contributed by atoms with Gasteiger partial charge in [-0.2, -0.15) is 0 Å². The van der Waals surface area contributed by atoms with Crippen molar-refractivity contribution in [2.75, 3.05) is 0 Å². The second-order valence-electron chi connectivity index (χ2n) is 5.34. The van der Waals surface area contributed by atoms with E-state index < -0.39 is 0 Å². The van der Waals surface area contributed by atoms with E-state index >= 15 is 0 Å². The molecule has 2 aliphatic rings.